The van der Waals surface area contributed by atoms with Crippen LogP contribution in [-0.2, 0) is 14.3 Å². The number of nitrogens with two attached hydrogens (primary N) is 4. The Hall–Kier alpha value is -1.32. The standard InChI is InChI=1S/C11H23N5O3S/c1-20-6-4-8(13)10(18)19-9(17)7(12)3-2-5-16-11(14)15/h7-8H,2-6,12-13H2,1H3,(H4,14,15,16)/t7-,8-/m0/s1. The molecule has 0 aliphatic carbocycles. The lowest BCUT2D eigenvalue weighted by Crippen LogP contribution is -2.39. The first kappa shape index (κ1) is 18.7. The summed E-state index contributed by atoms with van der Waals surface area (Å²) in [7, 11) is 0. The number of aliphatic imine (C=N–C) groups is 1. The highest BCUT2D eigenvalue weighted by Crippen LogP contribution is 2.03. The summed E-state index contributed by atoms with van der Waals surface area (Å²) in [5, 5.41) is 0. The van der Waals surface area contributed by atoms with Crippen LogP contribution in [-0.4, -0.2) is 48.5 Å². The third-order valence-electron chi connectivity index (χ3n) is 2.41. The van der Waals surface area contributed by atoms with E-state index in [4.69, 9.17) is 22.9 Å². The lowest BCUT2D eigenvalue weighted by atomic mass is 10.1. The number of carbonyl (C=O) groups excluding carboxylic acids is 2. The molecule has 0 radical (unpaired) electrons. The SMILES string of the molecule is CSCC[C@H](N)C(=O)OC(=O)[C@@H](N)CCCN=C(N)N. The fourth-order valence-corrected chi connectivity index (χ4v) is 1.74. The Balaban J connectivity index is 4.00. The summed E-state index contributed by atoms with van der Waals surface area (Å²) >= 11 is 1.56. The van der Waals surface area contributed by atoms with E-state index in [-0.39, 0.29) is 5.96 Å². The normalized spacial score (nSPS) is 13.3. The second kappa shape index (κ2) is 10.5. The van der Waals surface area contributed by atoms with Crippen LogP contribution in [0.25, 0.3) is 0 Å². The molecule has 0 fully saturated rings. The molecular weight excluding hydrogens is 282 g/mol. The van der Waals surface area contributed by atoms with Gasteiger partial charge < -0.3 is 27.7 Å². The van der Waals surface area contributed by atoms with E-state index in [0.29, 0.717) is 25.8 Å². The van der Waals surface area contributed by atoms with Crippen molar-refractivity contribution in [2.75, 3.05) is 18.6 Å². The van der Waals surface area contributed by atoms with Crippen molar-refractivity contribution >= 4 is 29.7 Å². The molecule has 0 saturated heterocycles. The minimum absolute atomic E-state index is 0.0175. The summed E-state index contributed by atoms with van der Waals surface area (Å²) in [6.07, 6.45) is 3.19. The Morgan fingerprint density at radius 3 is 2.20 bits per heavy atom. The van der Waals surface area contributed by atoms with Gasteiger partial charge in [0.05, 0.1) is 0 Å². The first-order valence-corrected chi connectivity index (χ1v) is 7.58. The quantitative estimate of drug-likeness (QED) is 0.132. The largest absolute Gasteiger partial charge is 0.391 e. The van der Waals surface area contributed by atoms with Gasteiger partial charge >= 0.3 is 11.9 Å². The molecule has 0 amide bonds. The molecule has 0 aliphatic heterocycles. The summed E-state index contributed by atoms with van der Waals surface area (Å²) in [6.45, 7) is 0.366. The number of hydrogen-bond donors (Lipinski definition) is 4. The van der Waals surface area contributed by atoms with Crippen molar-refractivity contribution in [3.63, 3.8) is 0 Å². The van der Waals surface area contributed by atoms with Crippen LogP contribution in [0.4, 0.5) is 0 Å². The molecule has 20 heavy (non-hydrogen) atoms. The summed E-state index contributed by atoms with van der Waals surface area (Å²) in [5.41, 5.74) is 21.5. The molecular formula is C11H23N5O3S. The molecule has 0 unspecified atom stereocenters. The highest BCUT2D eigenvalue weighted by atomic mass is 32.2. The van der Waals surface area contributed by atoms with E-state index in [1.54, 1.807) is 11.8 Å². The number of hydrogen-bond acceptors (Lipinski definition) is 7. The van der Waals surface area contributed by atoms with Crippen molar-refractivity contribution < 1.29 is 14.3 Å². The van der Waals surface area contributed by atoms with E-state index >= 15 is 0 Å². The van der Waals surface area contributed by atoms with Gasteiger partial charge in [-0.25, -0.2) is 9.59 Å². The Bertz CT molecular complexity index is 347. The van der Waals surface area contributed by atoms with Crippen molar-refractivity contribution in [2.45, 2.75) is 31.3 Å². The van der Waals surface area contributed by atoms with Gasteiger partial charge in [-0.3, -0.25) is 4.99 Å². The average Bonchev–Trinajstić information content (AvgIpc) is 2.40. The van der Waals surface area contributed by atoms with Crippen LogP contribution in [0.15, 0.2) is 4.99 Å². The number of thioether (sulfide) groups is 1. The number of carbonyl (C=O) groups is 2. The molecule has 0 aliphatic rings. The van der Waals surface area contributed by atoms with Crippen LogP contribution in [0.1, 0.15) is 19.3 Å². The van der Waals surface area contributed by atoms with Gasteiger partial charge in [0.25, 0.3) is 0 Å². The van der Waals surface area contributed by atoms with Gasteiger partial charge in [-0.2, -0.15) is 11.8 Å². The van der Waals surface area contributed by atoms with Crippen LogP contribution in [0.2, 0.25) is 0 Å². The Labute approximate surface area is 122 Å². The Morgan fingerprint density at radius 1 is 1.15 bits per heavy atom. The van der Waals surface area contributed by atoms with Gasteiger partial charge in [-0.1, -0.05) is 0 Å². The predicted molar refractivity (Wildman–Crippen MR) is 80.0 cm³/mol. The first-order valence-electron chi connectivity index (χ1n) is 6.19. The van der Waals surface area contributed by atoms with E-state index in [2.05, 4.69) is 9.73 Å². The molecule has 0 aromatic carbocycles. The third kappa shape index (κ3) is 8.73. The highest BCUT2D eigenvalue weighted by molar-refractivity contribution is 7.98. The van der Waals surface area contributed by atoms with Crippen molar-refractivity contribution in [1.82, 2.24) is 0 Å². The second-order valence-electron chi connectivity index (χ2n) is 4.18. The highest BCUT2D eigenvalue weighted by Gasteiger charge is 2.22. The van der Waals surface area contributed by atoms with Crippen molar-refractivity contribution in [3.05, 3.63) is 0 Å². The summed E-state index contributed by atoms with van der Waals surface area (Å²) in [6, 6.07) is -1.69. The first-order chi connectivity index (χ1) is 9.38. The Kier molecular flexibility index (Phi) is 9.77. The van der Waals surface area contributed by atoms with E-state index in [1.165, 1.54) is 0 Å². The van der Waals surface area contributed by atoms with E-state index in [1.807, 2.05) is 6.26 Å². The fourth-order valence-electron chi connectivity index (χ4n) is 1.25. The molecule has 0 saturated carbocycles. The van der Waals surface area contributed by atoms with Crippen molar-refractivity contribution in [1.29, 1.82) is 0 Å². The van der Waals surface area contributed by atoms with Gasteiger partial charge in [0.1, 0.15) is 12.1 Å². The van der Waals surface area contributed by atoms with Gasteiger partial charge in [-0.05, 0) is 31.3 Å². The predicted octanol–water partition coefficient (Wildman–Crippen LogP) is -1.48. The van der Waals surface area contributed by atoms with Crippen molar-refractivity contribution in [3.8, 4) is 0 Å². The van der Waals surface area contributed by atoms with Crippen LogP contribution in [0, 0.1) is 0 Å². The molecule has 116 valence electrons. The molecule has 8 nitrogen and oxygen atoms in total. The summed E-state index contributed by atoms with van der Waals surface area (Å²) in [5.74, 6) is -0.825. The van der Waals surface area contributed by atoms with Crippen LogP contribution in [0.5, 0.6) is 0 Å². The summed E-state index contributed by atoms with van der Waals surface area (Å²) in [4.78, 5) is 26.8. The molecule has 2 atom stereocenters. The van der Waals surface area contributed by atoms with Gasteiger partial charge in [0.2, 0.25) is 0 Å². The molecule has 9 heteroatoms. The fraction of sp³-hybridized carbons (Fsp3) is 0.727. The topological polar surface area (TPSA) is 160 Å². The monoisotopic (exact) mass is 305 g/mol. The van der Waals surface area contributed by atoms with Gasteiger partial charge in [0, 0.05) is 6.54 Å². The van der Waals surface area contributed by atoms with Crippen LogP contribution < -0.4 is 22.9 Å². The molecule has 0 spiro atoms. The summed E-state index contributed by atoms with van der Waals surface area (Å²) < 4.78 is 4.63. The number of guanidine groups is 1. The van der Waals surface area contributed by atoms with Crippen LogP contribution >= 0.6 is 11.8 Å². The number of nitrogens with zero attached hydrogens (tertiary/aromatic N) is 1. The lowest BCUT2D eigenvalue weighted by molar-refractivity contribution is -0.161. The zero-order valence-electron chi connectivity index (χ0n) is 11.6. The van der Waals surface area contributed by atoms with Gasteiger partial charge in [-0.15, -0.1) is 0 Å². The number of esters is 2. The minimum Gasteiger partial charge on any atom is -0.391 e. The minimum atomic E-state index is -0.888. The molecule has 0 aromatic heterocycles. The maximum atomic E-state index is 11.5. The molecule has 0 bridgehead atoms. The number of ether oxygens (including phenoxy) is 1. The van der Waals surface area contributed by atoms with Crippen LogP contribution in [0.3, 0.4) is 0 Å². The lowest BCUT2D eigenvalue weighted by Gasteiger charge is -2.12. The van der Waals surface area contributed by atoms with E-state index in [9.17, 15) is 9.59 Å². The molecule has 0 rings (SSSR count). The van der Waals surface area contributed by atoms with E-state index in [0.717, 1.165) is 5.75 Å². The Morgan fingerprint density at radius 2 is 1.70 bits per heavy atom. The molecule has 0 heterocycles. The zero-order chi connectivity index (χ0) is 15.5. The van der Waals surface area contributed by atoms with E-state index < -0.39 is 24.0 Å². The van der Waals surface area contributed by atoms with Gasteiger partial charge in [0.15, 0.2) is 5.96 Å². The molecule has 8 N–H and O–H groups in total. The third-order valence-corrected chi connectivity index (χ3v) is 3.05. The second-order valence-corrected chi connectivity index (χ2v) is 5.17. The smallest absolute Gasteiger partial charge is 0.330 e. The van der Waals surface area contributed by atoms with Crippen molar-refractivity contribution in [2.24, 2.45) is 27.9 Å². The molecule has 0 aromatic rings. The number of rotatable bonds is 9. The maximum absolute atomic E-state index is 11.5. The zero-order valence-corrected chi connectivity index (χ0v) is 12.4. The maximum Gasteiger partial charge on any atom is 0.330 e. The average molecular weight is 305 g/mol.